The van der Waals surface area contributed by atoms with Gasteiger partial charge in [0, 0.05) is 29.5 Å². The lowest BCUT2D eigenvalue weighted by Crippen LogP contribution is -2.24. The Morgan fingerprint density at radius 3 is 2.96 bits per heavy atom. The number of benzene rings is 1. The third-order valence-electron chi connectivity index (χ3n) is 3.03. The topological polar surface area (TPSA) is 75.0 Å². The smallest absolute Gasteiger partial charge is 0.262 e. The van der Waals surface area contributed by atoms with Crippen LogP contribution in [0.1, 0.15) is 11.1 Å². The monoisotopic (exact) mass is 327 g/mol. The molecule has 0 aliphatic heterocycles. The molecule has 0 aliphatic carbocycles. The molecule has 116 valence electrons. The number of pyridine rings is 1. The fourth-order valence-corrected chi connectivity index (χ4v) is 2.08. The van der Waals surface area contributed by atoms with Crippen LogP contribution in [0, 0.1) is 11.3 Å². The Kier molecular flexibility index (Phi) is 5.73. The summed E-state index contributed by atoms with van der Waals surface area (Å²) in [5.41, 5.74) is 1.38. The second-order valence-electron chi connectivity index (χ2n) is 4.60. The van der Waals surface area contributed by atoms with Crippen molar-refractivity contribution in [3.63, 3.8) is 0 Å². The second-order valence-corrected chi connectivity index (χ2v) is 5.04. The molecule has 6 heteroatoms. The van der Waals surface area contributed by atoms with Crippen LogP contribution in [0.4, 0.5) is 0 Å². The molecule has 0 atom stereocenters. The number of rotatable bonds is 5. The minimum absolute atomic E-state index is 0.0329. The lowest BCUT2D eigenvalue weighted by Gasteiger charge is -2.07. The van der Waals surface area contributed by atoms with Gasteiger partial charge in [0.2, 0.25) is 0 Å². The number of halogens is 1. The third kappa shape index (κ3) is 4.56. The number of hydrogen-bond donors (Lipinski definition) is 1. The van der Waals surface area contributed by atoms with Crippen LogP contribution in [0.15, 0.2) is 48.3 Å². The number of hydrogen-bond acceptors (Lipinski definition) is 4. The number of carbonyl (C=O) groups excluding carboxylic acids is 1. The summed E-state index contributed by atoms with van der Waals surface area (Å²) < 4.78 is 5.20. The van der Waals surface area contributed by atoms with Crippen molar-refractivity contribution in [2.45, 2.75) is 6.54 Å². The van der Waals surface area contributed by atoms with Crippen LogP contribution in [0.25, 0.3) is 6.08 Å². The summed E-state index contributed by atoms with van der Waals surface area (Å²) in [6, 6.07) is 10.5. The molecule has 0 bridgehead atoms. The van der Waals surface area contributed by atoms with Crippen molar-refractivity contribution in [2.24, 2.45) is 0 Å². The fourth-order valence-electron chi connectivity index (χ4n) is 1.90. The van der Waals surface area contributed by atoms with Crippen molar-refractivity contribution < 1.29 is 9.53 Å². The first-order valence-corrected chi connectivity index (χ1v) is 7.14. The van der Waals surface area contributed by atoms with Gasteiger partial charge in [-0.3, -0.25) is 9.78 Å². The molecule has 1 N–H and O–H groups in total. The van der Waals surface area contributed by atoms with Crippen molar-refractivity contribution in [3.05, 3.63) is 64.4 Å². The van der Waals surface area contributed by atoms with Gasteiger partial charge < -0.3 is 10.1 Å². The molecule has 0 unspecified atom stereocenters. The summed E-state index contributed by atoms with van der Waals surface area (Å²) in [5.74, 6) is 0.0561. The zero-order valence-corrected chi connectivity index (χ0v) is 13.2. The van der Waals surface area contributed by atoms with Crippen molar-refractivity contribution in [3.8, 4) is 11.8 Å². The van der Waals surface area contributed by atoms with Crippen LogP contribution in [-0.2, 0) is 11.3 Å². The van der Waals surface area contributed by atoms with Crippen LogP contribution in [0.5, 0.6) is 5.75 Å². The lowest BCUT2D eigenvalue weighted by molar-refractivity contribution is -0.117. The Balaban J connectivity index is 2.17. The average molecular weight is 328 g/mol. The van der Waals surface area contributed by atoms with E-state index in [0.29, 0.717) is 22.9 Å². The molecule has 0 radical (unpaired) electrons. The van der Waals surface area contributed by atoms with Crippen LogP contribution < -0.4 is 10.1 Å². The molecule has 2 aromatic rings. The van der Waals surface area contributed by atoms with Gasteiger partial charge >= 0.3 is 0 Å². The molecule has 0 saturated heterocycles. The molecular weight excluding hydrogens is 314 g/mol. The molecule has 0 spiro atoms. The summed E-state index contributed by atoms with van der Waals surface area (Å²) in [6.07, 6.45) is 4.75. The fraction of sp³-hybridized carbons (Fsp3) is 0.118. The average Bonchev–Trinajstić information content (AvgIpc) is 2.58. The standard InChI is InChI=1S/C17H14ClN3O2/c1-23-16-5-4-15(18)8-13(16)7-14(9-19)17(22)21-11-12-3-2-6-20-10-12/h2-8,10H,11H2,1H3,(H,21,22)/b14-7+. The number of nitrogens with one attached hydrogen (secondary N) is 1. The zero-order chi connectivity index (χ0) is 16.7. The van der Waals surface area contributed by atoms with Crippen molar-refractivity contribution >= 4 is 23.6 Å². The number of methoxy groups -OCH3 is 1. The van der Waals surface area contributed by atoms with E-state index < -0.39 is 5.91 Å². The Morgan fingerprint density at radius 2 is 2.30 bits per heavy atom. The van der Waals surface area contributed by atoms with Crippen LogP contribution in [0.2, 0.25) is 5.02 Å². The highest BCUT2D eigenvalue weighted by Crippen LogP contribution is 2.24. The van der Waals surface area contributed by atoms with Gasteiger partial charge in [0.05, 0.1) is 7.11 Å². The van der Waals surface area contributed by atoms with Gasteiger partial charge in [-0.05, 0) is 35.9 Å². The first-order chi connectivity index (χ1) is 11.1. The summed E-state index contributed by atoms with van der Waals surface area (Å²) >= 11 is 5.95. The number of ether oxygens (including phenoxy) is 1. The SMILES string of the molecule is COc1ccc(Cl)cc1/C=C(\C#N)C(=O)NCc1cccnc1. The summed E-state index contributed by atoms with van der Waals surface area (Å²) in [7, 11) is 1.51. The second kappa shape index (κ2) is 7.97. The van der Waals surface area contributed by atoms with Gasteiger partial charge in [-0.1, -0.05) is 17.7 Å². The quantitative estimate of drug-likeness (QED) is 0.676. The maximum Gasteiger partial charge on any atom is 0.262 e. The van der Waals surface area contributed by atoms with Crippen molar-refractivity contribution in [1.82, 2.24) is 10.3 Å². The number of nitriles is 1. The maximum absolute atomic E-state index is 12.1. The van der Waals surface area contributed by atoms with Gasteiger partial charge in [0.15, 0.2) is 0 Å². The van der Waals surface area contributed by atoms with E-state index in [4.69, 9.17) is 16.3 Å². The summed E-state index contributed by atoms with van der Waals surface area (Å²) in [4.78, 5) is 16.1. The molecule has 2 rings (SSSR count). The Morgan fingerprint density at radius 1 is 1.48 bits per heavy atom. The minimum Gasteiger partial charge on any atom is -0.496 e. The summed E-state index contributed by atoms with van der Waals surface area (Å²) in [6.45, 7) is 0.290. The van der Waals surface area contributed by atoms with Crippen LogP contribution in [0.3, 0.4) is 0 Å². The molecule has 1 heterocycles. The van der Waals surface area contributed by atoms with Gasteiger partial charge in [-0.15, -0.1) is 0 Å². The van der Waals surface area contributed by atoms with Gasteiger partial charge in [0.1, 0.15) is 17.4 Å². The summed E-state index contributed by atoms with van der Waals surface area (Å²) in [5, 5.41) is 12.4. The normalized spacial score (nSPS) is 10.7. The molecule has 0 fully saturated rings. The largest absolute Gasteiger partial charge is 0.496 e. The number of aromatic nitrogens is 1. The van der Waals surface area contributed by atoms with Gasteiger partial charge in [-0.25, -0.2) is 0 Å². The molecule has 0 saturated carbocycles. The first kappa shape index (κ1) is 16.5. The van der Waals surface area contributed by atoms with E-state index in [1.54, 1.807) is 36.7 Å². The van der Waals surface area contributed by atoms with E-state index in [-0.39, 0.29) is 5.57 Å². The number of nitrogens with zero attached hydrogens (tertiary/aromatic N) is 2. The zero-order valence-electron chi connectivity index (χ0n) is 12.4. The highest BCUT2D eigenvalue weighted by molar-refractivity contribution is 6.30. The molecule has 1 aromatic carbocycles. The van der Waals surface area contributed by atoms with E-state index in [9.17, 15) is 10.1 Å². The number of amides is 1. The highest BCUT2D eigenvalue weighted by Gasteiger charge is 2.11. The molecule has 1 amide bonds. The minimum atomic E-state index is -0.474. The molecule has 5 nitrogen and oxygen atoms in total. The van der Waals surface area contributed by atoms with Crippen molar-refractivity contribution in [1.29, 1.82) is 5.26 Å². The van der Waals surface area contributed by atoms with E-state index >= 15 is 0 Å². The molecule has 0 aliphatic rings. The Labute approximate surface area is 139 Å². The predicted octanol–water partition coefficient (Wildman–Crippen LogP) is 2.97. The van der Waals surface area contributed by atoms with Crippen molar-refractivity contribution in [2.75, 3.05) is 7.11 Å². The Hall–Kier alpha value is -2.84. The van der Waals surface area contributed by atoms with E-state index in [2.05, 4.69) is 10.3 Å². The lowest BCUT2D eigenvalue weighted by atomic mass is 10.1. The molecular formula is C17H14ClN3O2. The van der Waals surface area contributed by atoms with E-state index in [1.807, 2.05) is 12.1 Å². The molecule has 23 heavy (non-hydrogen) atoms. The van der Waals surface area contributed by atoms with Gasteiger partial charge in [-0.2, -0.15) is 5.26 Å². The predicted molar refractivity (Wildman–Crippen MR) is 87.7 cm³/mol. The molecule has 1 aromatic heterocycles. The third-order valence-corrected chi connectivity index (χ3v) is 3.27. The van der Waals surface area contributed by atoms with Crippen LogP contribution in [-0.4, -0.2) is 18.0 Å². The van der Waals surface area contributed by atoms with Gasteiger partial charge in [0.25, 0.3) is 5.91 Å². The highest BCUT2D eigenvalue weighted by atomic mass is 35.5. The first-order valence-electron chi connectivity index (χ1n) is 6.76. The van der Waals surface area contributed by atoms with Crippen LogP contribution >= 0.6 is 11.6 Å². The van der Waals surface area contributed by atoms with E-state index in [1.165, 1.54) is 13.2 Å². The maximum atomic E-state index is 12.1. The Bertz CT molecular complexity index is 767. The number of carbonyl (C=O) groups is 1. The van der Waals surface area contributed by atoms with E-state index in [0.717, 1.165) is 5.56 Å².